The van der Waals surface area contributed by atoms with E-state index in [-0.39, 0.29) is 18.2 Å². The highest BCUT2D eigenvalue weighted by Gasteiger charge is 2.36. The molecule has 7 heteroatoms. The van der Waals surface area contributed by atoms with Crippen LogP contribution in [0.15, 0.2) is 77.8 Å². The molecule has 0 aromatic heterocycles. The van der Waals surface area contributed by atoms with Gasteiger partial charge in [0.05, 0.1) is 12.2 Å². The number of hydrogen-bond acceptors (Lipinski definition) is 4. The second-order valence-corrected chi connectivity index (χ2v) is 9.56. The van der Waals surface area contributed by atoms with Gasteiger partial charge in [-0.25, -0.2) is 4.99 Å². The summed E-state index contributed by atoms with van der Waals surface area (Å²) in [6.07, 6.45) is 0.100. The molecule has 2 amide bonds. The smallest absolute Gasteiger partial charge is 0.238 e. The van der Waals surface area contributed by atoms with E-state index in [1.165, 1.54) is 11.8 Å². The number of benzene rings is 3. The molecule has 1 atom stereocenters. The highest BCUT2D eigenvalue weighted by molar-refractivity contribution is 8.15. The van der Waals surface area contributed by atoms with Crippen molar-refractivity contribution in [3.8, 4) is 0 Å². The Morgan fingerprint density at radius 1 is 1.09 bits per heavy atom. The van der Waals surface area contributed by atoms with Gasteiger partial charge in [-0.3, -0.25) is 14.5 Å². The summed E-state index contributed by atoms with van der Waals surface area (Å²) in [5.41, 5.74) is 4.53. The van der Waals surface area contributed by atoms with Gasteiger partial charge in [0.25, 0.3) is 0 Å². The fraction of sp³-hybridized carbons (Fsp3) is 0.192. The van der Waals surface area contributed by atoms with Gasteiger partial charge in [-0.2, -0.15) is 0 Å². The topological polar surface area (TPSA) is 61.8 Å². The van der Waals surface area contributed by atoms with Crippen molar-refractivity contribution in [2.45, 2.75) is 32.1 Å². The number of nitrogens with zero attached hydrogens (tertiary/aromatic N) is 2. The third-order valence-electron chi connectivity index (χ3n) is 5.31. The van der Waals surface area contributed by atoms with E-state index < -0.39 is 5.25 Å². The first kappa shape index (κ1) is 23.1. The van der Waals surface area contributed by atoms with Crippen molar-refractivity contribution < 1.29 is 9.59 Å². The molecule has 0 spiro atoms. The Balaban J connectivity index is 1.59. The van der Waals surface area contributed by atoms with Gasteiger partial charge in [-0.15, -0.1) is 0 Å². The molecule has 168 valence electrons. The number of hydrogen-bond donors (Lipinski definition) is 1. The van der Waals surface area contributed by atoms with Crippen LogP contribution in [0.25, 0.3) is 0 Å². The van der Waals surface area contributed by atoms with Crippen LogP contribution in [0.4, 0.5) is 11.4 Å². The Morgan fingerprint density at radius 2 is 1.82 bits per heavy atom. The number of amides is 2. The number of nitrogens with one attached hydrogen (secondary N) is 1. The Kier molecular flexibility index (Phi) is 7.16. The summed E-state index contributed by atoms with van der Waals surface area (Å²) in [7, 11) is 0. The zero-order chi connectivity index (χ0) is 23.4. The normalized spacial score (nSPS) is 17.3. The zero-order valence-electron chi connectivity index (χ0n) is 18.4. The molecule has 4 rings (SSSR count). The van der Waals surface area contributed by atoms with Crippen LogP contribution in [0.2, 0.25) is 5.02 Å². The number of thioether (sulfide) groups is 1. The minimum Gasteiger partial charge on any atom is -0.325 e. The molecule has 0 saturated carbocycles. The fourth-order valence-corrected chi connectivity index (χ4v) is 4.77. The molecule has 1 saturated heterocycles. The van der Waals surface area contributed by atoms with Gasteiger partial charge in [0.1, 0.15) is 5.25 Å². The quantitative estimate of drug-likeness (QED) is 0.481. The standard InChI is InChI=1S/C26H24ClN3O2S/c1-17-8-13-22(18(2)14-17)29-25(32)23-15-24(31)30(16-19-9-11-20(27)12-10-19)26(33-23)28-21-6-4-3-5-7-21/h3-14,23H,15-16H2,1-2H3,(H,29,32)/t23-/m0/s1. The molecule has 5 nitrogen and oxygen atoms in total. The first-order chi connectivity index (χ1) is 15.9. The van der Waals surface area contributed by atoms with E-state index in [4.69, 9.17) is 16.6 Å². The number of halogens is 1. The number of rotatable bonds is 5. The second-order valence-electron chi connectivity index (χ2n) is 7.95. The molecule has 33 heavy (non-hydrogen) atoms. The van der Waals surface area contributed by atoms with E-state index in [1.807, 2.05) is 74.5 Å². The Hall–Kier alpha value is -3.09. The molecule has 1 heterocycles. The molecule has 0 aliphatic carbocycles. The molecule has 0 unspecified atom stereocenters. The average Bonchev–Trinajstić information content (AvgIpc) is 2.79. The van der Waals surface area contributed by atoms with Crippen molar-refractivity contribution >= 4 is 51.7 Å². The molecule has 1 aliphatic heterocycles. The van der Waals surface area contributed by atoms with Gasteiger partial charge in [0, 0.05) is 17.1 Å². The summed E-state index contributed by atoms with van der Waals surface area (Å²) in [4.78, 5) is 32.6. The second kappa shape index (κ2) is 10.2. The highest BCUT2D eigenvalue weighted by atomic mass is 35.5. The van der Waals surface area contributed by atoms with Gasteiger partial charge >= 0.3 is 0 Å². The van der Waals surface area contributed by atoms with Crippen molar-refractivity contribution in [2.75, 3.05) is 5.32 Å². The maximum Gasteiger partial charge on any atom is 0.238 e. The molecule has 1 fully saturated rings. The number of aryl methyl sites for hydroxylation is 2. The Bertz CT molecular complexity index is 1200. The zero-order valence-corrected chi connectivity index (χ0v) is 20.0. The van der Waals surface area contributed by atoms with Crippen LogP contribution >= 0.6 is 23.4 Å². The maximum atomic E-state index is 13.2. The van der Waals surface area contributed by atoms with Gasteiger partial charge in [-0.05, 0) is 55.3 Å². The lowest BCUT2D eigenvalue weighted by Crippen LogP contribution is -2.44. The van der Waals surface area contributed by atoms with Crippen molar-refractivity contribution in [1.29, 1.82) is 0 Å². The van der Waals surface area contributed by atoms with Crippen molar-refractivity contribution in [1.82, 2.24) is 4.90 Å². The predicted molar refractivity (Wildman–Crippen MR) is 136 cm³/mol. The maximum absolute atomic E-state index is 13.2. The van der Waals surface area contributed by atoms with Crippen LogP contribution in [0.5, 0.6) is 0 Å². The van der Waals surface area contributed by atoms with E-state index in [1.54, 1.807) is 17.0 Å². The molecular weight excluding hydrogens is 454 g/mol. The molecule has 3 aromatic rings. The minimum absolute atomic E-state index is 0.100. The van der Waals surface area contributed by atoms with E-state index in [9.17, 15) is 9.59 Å². The van der Waals surface area contributed by atoms with Crippen molar-refractivity contribution in [3.05, 3.63) is 94.5 Å². The van der Waals surface area contributed by atoms with E-state index >= 15 is 0 Å². The van der Waals surface area contributed by atoms with Crippen LogP contribution in [-0.4, -0.2) is 27.1 Å². The number of carbonyl (C=O) groups is 2. The summed E-state index contributed by atoms with van der Waals surface area (Å²) < 4.78 is 0. The minimum atomic E-state index is -0.567. The highest BCUT2D eigenvalue weighted by Crippen LogP contribution is 2.31. The lowest BCUT2D eigenvalue weighted by molar-refractivity contribution is -0.129. The molecule has 1 aliphatic rings. The Labute approximate surface area is 202 Å². The molecule has 3 aromatic carbocycles. The number of anilines is 1. The van der Waals surface area contributed by atoms with Gasteiger partial charge < -0.3 is 5.32 Å². The fourth-order valence-electron chi connectivity index (χ4n) is 3.55. The van der Waals surface area contributed by atoms with Crippen LogP contribution in [0, 0.1) is 13.8 Å². The first-order valence-electron chi connectivity index (χ1n) is 10.6. The summed E-state index contributed by atoms with van der Waals surface area (Å²) in [6, 6.07) is 22.7. The predicted octanol–water partition coefficient (Wildman–Crippen LogP) is 6.12. The van der Waals surface area contributed by atoms with Crippen molar-refractivity contribution in [2.24, 2.45) is 4.99 Å². The third-order valence-corrected chi connectivity index (χ3v) is 6.75. The third kappa shape index (κ3) is 5.83. The lowest BCUT2D eigenvalue weighted by Gasteiger charge is -2.32. The summed E-state index contributed by atoms with van der Waals surface area (Å²) >= 11 is 7.32. The summed E-state index contributed by atoms with van der Waals surface area (Å²) in [6.45, 7) is 4.33. The van der Waals surface area contributed by atoms with Gasteiger partial charge in [0.15, 0.2) is 5.17 Å². The molecule has 0 radical (unpaired) electrons. The van der Waals surface area contributed by atoms with Crippen LogP contribution in [0.3, 0.4) is 0 Å². The van der Waals surface area contributed by atoms with E-state index in [2.05, 4.69) is 5.32 Å². The van der Waals surface area contributed by atoms with E-state index in [0.29, 0.717) is 16.7 Å². The summed E-state index contributed by atoms with van der Waals surface area (Å²) in [5, 5.41) is 3.56. The molecular formula is C26H24ClN3O2S. The monoisotopic (exact) mass is 477 g/mol. The largest absolute Gasteiger partial charge is 0.325 e. The van der Waals surface area contributed by atoms with E-state index in [0.717, 1.165) is 28.1 Å². The number of para-hydroxylation sites is 1. The number of carbonyl (C=O) groups excluding carboxylic acids is 2. The number of aliphatic imine (C=N–C) groups is 1. The van der Waals surface area contributed by atoms with Crippen LogP contribution in [0.1, 0.15) is 23.1 Å². The van der Waals surface area contributed by atoms with Crippen LogP contribution < -0.4 is 5.32 Å². The van der Waals surface area contributed by atoms with Gasteiger partial charge in [-0.1, -0.05) is 71.4 Å². The van der Waals surface area contributed by atoms with Gasteiger partial charge in [0.2, 0.25) is 11.8 Å². The van der Waals surface area contributed by atoms with Crippen molar-refractivity contribution in [3.63, 3.8) is 0 Å². The average molecular weight is 478 g/mol. The van der Waals surface area contributed by atoms with Crippen LogP contribution in [-0.2, 0) is 16.1 Å². The SMILES string of the molecule is Cc1ccc(NC(=O)[C@@H]2CC(=O)N(Cc3ccc(Cl)cc3)C(=Nc3ccccc3)S2)c(C)c1. The summed E-state index contributed by atoms with van der Waals surface area (Å²) in [5.74, 6) is -0.341. The Morgan fingerprint density at radius 3 is 2.52 bits per heavy atom. The number of amidine groups is 1. The lowest BCUT2D eigenvalue weighted by atomic mass is 10.1. The molecule has 1 N–H and O–H groups in total. The molecule has 0 bridgehead atoms. The first-order valence-corrected chi connectivity index (χ1v) is 11.9.